The van der Waals surface area contributed by atoms with E-state index in [1.165, 1.54) is 0 Å². The lowest BCUT2D eigenvalue weighted by molar-refractivity contribution is 0.584. The van der Waals surface area contributed by atoms with Crippen LogP contribution in [-0.4, -0.2) is 14.1 Å². The van der Waals surface area contributed by atoms with Crippen LogP contribution in [0.5, 0.6) is 0 Å². The highest BCUT2D eigenvalue weighted by atomic mass is 32.2. The second-order valence-electron chi connectivity index (χ2n) is 4.30. The SMILES string of the molecule is CCC(C)=NNS(=O)(=O)c1ccc2ccccc2c1. The molecule has 0 saturated heterocycles. The minimum Gasteiger partial charge on any atom is -0.200 e. The molecule has 2 rings (SSSR count). The molecule has 0 saturated carbocycles. The molecular formula is C14H16N2O2S. The van der Waals surface area contributed by atoms with Crippen LogP contribution in [0.2, 0.25) is 0 Å². The highest BCUT2D eigenvalue weighted by Crippen LogP contribution is 2.18. The lowest BCUT2D eigenvalue weighted by atomic mass is 10.1. The van der Waals surface area contributed by atoms with Gasteiger partial charge in [-0.05, 0) is 36.2 Å². The largest absolute Gasteiger partial charge is 0.276 e. The molecule has 0 fully saturated rings. The van der Waals surface area contributed by atoms with Crippen molar-refractivity contribution in [3.05, 3.63) is 42.5 Å². The minimum atomic E-state index is -3.59. The standard InChI is InChI=1S/C14H16N2O2S/c1-3-11(2)15-16-19(17,18)14-9-8-12-6-4-5-7-13(12)10-14/h4-10,16H,3H2,1-2H3. The first-order chi connectivity index (χ1) is 9.03. The Bertz CT molecular complexity index is 721. The number of nitrogens with one attached hydrogen (secondary N) is 1. The molecular weight excluding hydrogens is 260 g/mol. The molecule has 0 aliphatic rings. The van der Waals surface area contributed by atoms with E-state index in [-0.39, 0.29) is 4.90 Å². The zero-order valence-corrected chi connectivity index (χ0v) is 11.7. The molecule has 0 atom stereocenters. The number of hydrazone groups is 1. The fourth-order valence-electron chi connectivity index (χ4n) is 1.60. The fraction of sp³-hybridized carbons (Fsp3) is 0.214. The summed E-state index contributed by atoms with van der Waals surface area (Å²) in [4.78, 5) is 2.47. The monoisotopic (exact) mass is 276 g/mol. The first-order valence-corrected chi connectivity index (χ1v) is 7.55. The highest BCUT2D eigenvalue weighted by molar-refractivity contribution is 7.89. The van der Waals surface area contributed by atoms with Crippen LogP contribution in [0.1, 0.15) is 20.3 Å². The van der Waals surface area contributed by atoms with Gasteiger partial charge in [0.1, 0.15) is 0 Å². The van der Waals surface area contributed by atoms with E-state index in [2.05, 4.69) is 9.93 Å². The van der Waals surface area contributed by atoms with E-state index in [4.69, 9.17) is 0 Å². The summed E-state index contributed by atoms with van der Waals surface area (Å²) < 4.78 is 24.2. The Morgan fingerprint density at radius 2 is 1.84 bits per heavy atom. The van der Waals surface area contributed by atoms with Crippen LogP contribution in [0.4, 0.5) is 0 Å². The molecule has 1 N–H and O–H groups in total. The Balaban J connectivity index is 2.38. The Morgan fingerprint density at radius 1 is 1.16 bits per heavy atom. The summed E-state index contributed by atoms with van der Waals surface area (Å²) in [5.41, 5.74) is 0.740. The van der Waals surface area contributed by atoms with Gasteiger partial charge in [0.05, 0.1) is 4.90 Å². The molecule has 2 aromatic rings. The molecule has 4 nitrogen and oxygen atoms in total. The molecule has 0 aliphatic carbocycles. The van der Waals surface area contributed by atoms with Crippen LogP contribution in [0.15, 0.2) is 52.5 Å². The van der Waals surface area contributed by atoms with E-state index < -0.39 is 10.0 Å². The molecule has 0 aliphatic heterocycles. The van der Waals surface area contributed by atoms with Gasteiger partial charge in [-0.2, -0.15) is 13.5 Å². The van der Waals surface area contributed by atoms with E-state index in [1.54, 1.807) is 25.1 Å². The van der Waals surface area contributed by atoms with Gasteiger partial charge in [0, 0.05) is 5.71 Å². The van der Waals surface area contributed by atoms with Gasteiger partial charge in [-0.15, -0.1) is 0 Å². The molecule has 5 heteroatoms. The summed E-state index contributed by atoms with van der Waals surface area (Å²) in [5.74, 6) is 0. The first kappa shape index (κ1) is 13.5. The fourth-order valence-corrected chi connectivity index (χ4v) is 2.52. The van der Waals surface area contributed by atoms with Gasteiger partial charge in [-0.25, -0.2) is 4.83 Å². The summed E-state index contributed by atoms with van der Waals surface area (Å²) in [6, 6.07) is 12.7. The Labute approximate surface area is 113 Å². The average Bonchev–Trinajstić information content (AvgIpc) is 2.44. The van der Waals surface area contributed by atoms with Crippen molar-refractivity contribution in [2.24, 2.45) is 5.10 Å². The number of rotatable bonds is 4. The summed E-state index contributed by atoms with van der Waals surface area (Å²) in [7, 11) is -3.59. The zero-order valence-electron chi connectivity index (χ0n) is 10.9. The Hall–Kier alpha value is -1.88. The Kier molecular flexibility index (Phi) is 3.85. The highest BCUT2D eigenvalue weighted by Gasteiger charge is 2.13. The molecule has 100 valence electrons. The molecule has 2 aromatic carbocycles. The van der Waals surface area contributed by atoms with Gasteiger partial charge in [-0.1, -0.05) is 37.3 Å². The van der Waals surface area contributed by atoms with Crippen LogP contribution in [0.3, 0.4) is 0 Å². The summed E-state index contributed by atoms with van der Waals surface area (Å²) >= 11 is 0. The first-order valence-electron chi connectivity index (χ1n) is 6.06. The number of nitrogens with zero attached hydrogens (tertiary/aromatic N) is 1. The quantitative estimate of drug-likeness (QED) is 0.689. The molecule has 0 spiro atoms. The van der Waals surface area contributed by atoms with Crippen molar-refractivity contribution in [2.45, 2.75) is 25.2 Å². The lowest BCUT2D eigenvalue weighted by Crippen LogP contribution is -2.19. The van der Waals surface area contributed by atoms with Crippen molar-refractivity contribution in [3.63, 3.8) is 0 Å². The van der Waals surface area contributed by atoms with Crippen molar-refractivity contribution in [1.29, 1.82) is 0 Å². The number of hydrogen-bond donors (Lipinski definition) is 1. The van der Waals surface area contributed by atoms with Crippen molar-refractivity contribution in [1.82, 2.24) is 4.83 Å². The predicted octanol–water partition coefficient (Wildman–Crippen LogP) is 2.90. The summed E-state index contributed by atoms with van der Waals surface area (Å²) in [6.45, 7) is 3.70. The smallest absolute Gasteiger partial charge is 0.200 e. The molecule has 0 aromatic heterocycles. The van der Waals surface area contributed by atoms with E-state index in [1.807, 2.05) is 31.2 Å². The molecule has 19 heavy (non-hydrogen) atoms. The topological polar surface area (TPSA) is 58.5 Å². The third-order valence-corrected chi connectivity index (χ3v) is 4.11. The number of hydrogen-bond acceptors (Lipinski definition) is 3. The maximum Gasteiger partial charge on any atom is 0.276 e. The van der Waals surface area contributed by atoms with E-state index >= 15 is 0 Å². The normalized spacial score (nSPS) is 12.6. The van der Waals surface area contributed by atoms with Gasteiger partial charge < -0.3 is 0 Å². The summed E-state index contributed by atoms with van der Waals surface area (Å²) in [5, 5.41) is 5.75. The van der Waals surface area contributed by atoms with Crippen molar-refractivity contribution in [2.75, 3.05) is 0 Å². The third-order valence-electron chi connectivity index (χ3n) is 2.90. The van der Waals surface area contributed by atoms with E-state index in [9.17, 15) is 8.42 Å². The van der Waals surface area contributed by atoms with E-state index in [0.717, 1.165) is 16.5 Å². The van der Waals surface area contributed by atoms with Crippen molar-refractivity contribution < 1.29 is 8.42 Å². The number of sulfonamides is 1. The molecule has 0 unspecified atom stereocenters. The third kappa shape index (κ3) is 3.12. The van der Waals surface area contributed by atoms with Crippen LogP contribution < -0.4 is 4.83 Å². The number of fused-ring (bicyclic) bond motifs is 1. The van der Waals surface area contributed by atoms with Crippen molar-refractivity contribution in [3.8, 4) is 0 Å². The van der Waals surface area contributed by atoms with Gasteiger partial charge >= 0.3 is 0 Å². The van der Waals surface area contributed by atoms with Crippen LogP contribution in [-0.2, 0) is 10.0 Å². The maximum absolute atomic E-state index is 12.1. The molecule has 0 heterocycles. The molecule has 0 radical (unpaired) electrons. The van der Waals surface area contributed by atoms with Crippen LogP contribution in [0, 0.1) is 0 Å². The van der Waals surface area contributed by atoms with Crippen LogP contribution in [0.25, 0.3) is 10.8 Å². The average molecular weight is 276 g/mol. The maximum atomic E-state index is 12.1. The second-order valence-corrected chi connectivity index (χ2v) is 5.97. The second kappa shape index (κ2) is 5.40. The van der Waals surface area contributed by atoms with E-state index in [0.29, 0.717) is 6.42 Å². The van der Waals surface area contributed by atoms with Gasteiger partial charge in [-0.3, -0.25) is 0 Å². The molecule has 0 bridgehead atoms. The Morgan fingerprint density at radius 3 is 2.53 bits per heavy atom. The number of benzene rings is 2. The summed E-state index contributed by atoms with van der Waals surface area (Å²) in [6.07, 6.45) is 0.709. The van der Waals surface area contributed by atoms with Gasteiger partial charge in [0.15, 0.2) is 0 Å². The van der Waals surface area contributed by atoms with Crippen molar-refractivity contribution >= 4 is 26.5 Å². The minimum absolute atomic E-state index is 0.221. The van der Waals surface area contributed by atoms with Gasteiger partial charge in [0.25, 0.3) is 10.0 Å². The predicted molar refractivity (Wildman–Crippen MR) is 77.7 cm³/mol. The zero-order chi connectivity index (χ0) is 13.9. The molecule has 0 amide bonds. The van der Waals surface area contributed by atoms with Gasteiger partial charge in [0.2, 0.25) is 0 Å². The van der Waals surface area contributed by atoms with Crippen LogP contribution >= 0.6 is 0 Å². The lowest BCUT2D eigenvalue weighted by Gasteiger charge is -2.06.